The highest BCUT2D eigenvalue weighted by molar-refractivity contribution is 5.75. The van der Waals surface area contributed by atoms with Gasteiger partial charge in [-0.25, -0.2) is 4.79 Å². The van der Waals surface area contributed by atoms with Crippen LogP contribution in [0.3, 0.4) is 0 Å². The zero-order valence-electron chi connectivity index (χ0n) is 4.18. The molecule has 0 saturated carbocycles. The Morgan fingerprint density at radius 3 is 2.38 bits per heavy atom. The lowest BCUT2D eigenvalue weighted by atomic mass is 10.3. The monoisotopic (exact) mass is 130 g/mol. The van der Waals surface area contributed by atoms with E-state index < -0.39 is 5.97 Å². The van der Waals surface area contributed by atoms with Crippen LogP contribution in [0, 0.1) is 0 Å². The summed E-state index contributed by atoms with van der Waals surface area (Å²) in [6.07, 6.45) is 0.996. The molecular weight excluding hydrogens is 120 g/mol. The van der Waals surface area contributed by atoms with Crippen LogP contribution < -0.4 is 0 Å². The summed E-state index contributed by atoms with van der Waals surface area (Å²) in [4.78, 5) is 13.3. The summed E-state index contributed by atoms with van der Waals surface area (Å²) in [6, 6.07) is 0. The van der Waals surface area contributed by atoms with Crippen LogP contribution in [-0.2, 0) is 9.68 Å². The smallest absolute Gasteiger partial charge is 0.301 e. The van der Waals surface area contributed by atoms with Gasteiger partial charge in [-0.3, -0.25) is 0 Å². The fraction of sp³-hybridized carbons (Fsp3) is 0.750. The van der Waals surface area contributed by atoms with E-state index in [9.17, 15) is 4.79 Å². The fourth-order valence-electron chi connectivity index (χ4n) is 0.250. The van der Waals surface area contributed by atoms with E-state index in [-0.39, 0.29) is 29.5 Å². The Labute approximate surface area is 64.1 Å². The van der Waals surface area contributed by atoms with E-state index in [1.807, 2.05) is 6.92 Å². The first kappa shape index (κ1) is 11.1. The van der Waals surface area contributed by atoms with Gasteiger partial charge in [0.1, 0.15) is 0 Å². The van der Waals surface area contributed by atoms with Crippen LogP contribution in [0.15, 0.2) is 0 Å². The predicted molar refractivity (Wildman–Crippen MR) is 32.2 cm³/mol. The summed E-state index contributed by atoms with van der Waals surface area (Å²) < 4.78 is 0. The fourth-order valence-corrected chi connectivity index (χ4v) is 0.250. The lowest BCUT2D eigenvalue weighted by molar-refractivity contribution is -0.234. The number of hydrogen-bond acceptors (Lipinski definition) is 3. The quantitative estimate of drug-likeness (QED) is 0.322. The minimum atomic E-state index is -0.567. The van der Waals surface area contributed by atoms with Crippen molar-refractivity contribution in [2.24, 2.45) is 0 Å². The summed E-state index contributed by atoms with van der Waals surface area (Å²) in [5, 5.41) is 7.62. The molecule has 0 bridgehead atoms. The zero-order valence-corrected chi connectivity index (χ0v) is 4.18. The summed E-state index contributed by atoms with van der Waals surface area (Å²) >= 11 is 0. The van der Waals surface area contributed by atoms with Crippen LogP contribution in [0.2, 0.25) is 0 Å². The Kier molecular flexibility index (Phi) is 9.94. The molecule has 46 valence electrons. The Hall–Kier alpha value is 0.196. The lowest BCUT2D eigenvalue weighted by Gasteiger charge is -1.87. The second kappa shape index (κ2) is 7.20. The zero-order chi connectivity index (χ0) is 5.70. The van der Waals surface area contributed by atoms with Gasteiger partial charge in [-0.05, 0) is 6.42 Å². The summed E-state index contributed by atoms with van der Waals surface area (Å²) in [5.41, 5.74) is 0. The Bertz CT molecular complexity index is 64.3. The van der Waals surface area contributed by atoms with Crippen LogP contribution >= 0.6 is 0 Å². The molecule has 8 heavy (non-hydrogen) atoms. The highest BCUT2D eigenvalue weighted by atomic mass is 24.3. The number of carbonyl (C=O) groups excluding carboxylic acids is 1. The number of hydrogen-bond donors (Lipinski definition) is 1. The normalized spacial score (nSPS) is 7.25. The SMILES string of the molecule is CCCC(=O)OO.[MgH2]. The third-order valence-corrected chi connectivity index (χ3v) is 0.556. The molecule has 0 spiro atoms. The standard InChI is InChI=1S/C4H8O3.Mg.2H/c1-2-3-4(5)7-6;;;/h6H,2-3H2,1H3;;;. The van der Waals surface area contributed by atoms with Crippen molar-refractivity contribution in [1.82, 2.24) is 0 Å². The molecular formula is C4H10MgO3. The van der Waals surface area contributed by atoms with E-state index in [0.29, 0.717) is 6.42 Å². The summed E-state index contributed by atoms with van der Waals surface area (Å²) in [7, 11) is 0. The van der Waals surface area contributed by atoms with Crippen molar-refractivity contribution in [3.63, 3.8) is 0 Å². The largest absolute Gasteiger partial charge is 0.342 e. The summed E-state index contributed by atoms with van der Waals surface area (Å²) in [5.74, 6) is -0.567. The van der Waals surface area contributed by atoms with E-state index in [1.54, 1.807) is 0 Å². The molecule has 4 heteroatoms. The Morgan fingerprint density at radius 1 is 1.75 bits per heavy atom. The molecule has 0 saturated heterocycles. The molecule has 1 N–H and O–H groups in total. The van der Waals surface area contributed by atoms with Gasteiger partial charge in [0.05, 0.1) is 0 Å². The average Bonchev–Trinajstić information content (AvgIpc) is 1.68. The van der Waals surface area contributed by atoms with Crippen molar-refractivity contribution in [3.05, 3.63) is 0 Å². The molecule has 0 aliphatic rings. The third-order valence-electron chi connectivity index (χ3n) is 0.556. The molecule has 0 rings (SSSR count). The maximum absolute atomic E-state index is 9.94. The third kappa shape index (κ3) is 6.20. The molecule has 0 aromatic heterocycles. The molecule has 0 aliphatic carbocycles. The van der Waals surface area contributed by atoms with Gasteiger partial charge in [0.2, 0.25) is 0 Å². The minimum absolute atomic E-state index is 0. The van der Waals surface area contributed by atoms with Crippen molar-refractivity contribution in [2.45, 2.75) is 19.8 Å². The molecule has 0 aliphatic heterocycles. The molecule has 0 atom stereocenters. The molecule has 0 fully saturated rings. The first-order valence-electron chi connectivity index (χ1n) is 2.15. The summed E-state index contributed by atoms with van der Waals surface area (Å²) in [6.45, 7) is 1.83. The minimum Gasteiger partial charge on any atom is -0.301 e. The highest BCUT2D eigenvalue weighted by Gasteiger charge is 1.95. The van der Waals surface area contributed by atoms with E-state index in [0.717, 1.165) is 0 Å². The average molecular weight is 130 g/mol. The van der Waals surface area contributed by atoms with Crippen LogP contribution in [0.5, 0.6) is 0 Å². The Morgan fingerprint density at radius 2 is 2.25 bits per heavy atom. The predicted octanol–water partition coefficient (Wildman–Crippen LogP) is -0.114. The van der Waals surface area contributed by atoms with Crippen LogP contribution in [-0.4, -0.2) is 34.3 Å². The second-order valence-corrected chi connectivity index (χ2v) is 1.21. The lowest BCUT2D eigenvalue weighted by Crippen LogP contribution is -1.97. The number of rotatable bonds is 2. The maximum atomic E-state index is 9.94. The first-order chi connectivity index (χ1) is 3.31. The van der Waals surface area contributed by atoms with E-state index in [2.05, 4.69) is 4.89 Å². The van der Waals surface area contributed by atoms with Gasteiger partial charge in [0, 0.05) is 6.42 Å². The van der Waals surface area contributed by atoms with Crippen molar-refractivity contribution in [3.8, 4) is 0 Å². The molecule has 3 nitrogen and oxygen atoms in total. The molecule has 0 amide bonds. The second-order valence-electron chi connectivity index (χ2n) is 1.21. The molecule has 0 heterocycles. The van der Waals surface area contributed by atoms with Crippen LogP contribution in [0.1, 0.15) is 19.8 Å². The maximum Gasteiger partial charge on any atom is 0.342 e. The van der Waals surface area contributed by atoms with Crippen LogP contribution in [0.25, 0.3) is 0 Å². The van der Waals surface area contributed by atoms with Crippen molar-refractivity contribution < 1.29 is 14.9 Å². The first-order valence-corrected chi connectivity index (χ1v) is 2.15. The van der Waals surface area contributed by atoms with Crippen molar-refractivity contribution in [2.75, 3.05) is 0 Å². The van der Waals surface area contributed by atoms with Gasteiger partial charge in [0.25, 0.3) is 0 Å². The number of carbonyl (C=O) groups is 1. The van der Waals surface area contributed by atoms with Crippen LogP contribution in [0.4, 0.5) is 0 Å². The van der Waals surface area contributed by atoms with Gasteiger partial charge in [-0.2, -0.15) is 5.26 Å². The molecule has 0 aromatic rings. The van der Waals surface area contributed by atoms with E-state index in [4.69, 9.17) is 5.26 Å². The molecule has 0 aromatic carbocycles. The highest BCUT2D eigenvalue weighted by Crippen LogP contribution is 1.86. The van der Waals surface area contributed by atoms with Gasteiger partial charge in [-0.15, -0.1) is 0 Å². The molecule has 0 radical (unpaired) electrons. The molecule has 0 unspecified atom stereocenters. The van der Waals surface area contributed by atoms with Crippen molar-refractivity contribution in [1.29, 1.82) is 0 Å². The van der Waals surface area contributed by atoms with Crippen molar-refractivity contribution >= 4 is 29.0 Å². The van der Waals surface area contributed by atoms with E-state index in [1.165, 1.54) is 0 Å². The van der Waals surface area contributed by atoms with Gasteiger partial charge in [-0.1, -0.05) is 6.92 Å². The van der Waals surface area contributed by atoms with E-state index >= 15 is 0 Å². The van der Waals surface area contributed by atoms with Gasteiger partial charge < -0.3 is 4.89 Å². The Balaban J connectivity index is 0. The topological polar surface area (TPSA) is 46.5 Å². The van der Waals surface area contributed by atoms with Gasteiger partial charge in [0.15, 0.2) is 0 Å². The van der Waals surface area contributed by atoms with Gasteiger partial charge >= 0.3 is 29.0 Å².